The topological polar surface area (TPSA) is 20.2 Å². The molecule has 2 heteroatoms. The van der Waals surface area contributed by atoms with Crippen molar-refractivity contribution in [3.05, 3.63) is 0 Å². The van der Waals surface area contributed by atoms with E-state index in [1.807, 2.05) is 0 Å². The van der Waals surface area contributed by atoms with Gasteiger partial charge in [0.2, 0.25) is 0 Å². The highest BCUT2D eigenvalue weighted by Gasteiger charge is 2.55. The molecule has 86 valence electrons. The lowest BCUT2D eigenvalue weighted by Gasteiger charge is -2.60. The van der Waals surface area contributed by atoms with Gasteiger partial charge in [0, 0.05) is 8.07 Å². The minimum atomic E-state index is -1.06. The molecule has 0 heterocycles. The monoisotopic (exact) mass is 224 g/mol. The molecule has 0 aromatic heterocycles. The predicted octanol–water partition coefficient (Wildman–Crippen LogP) is 3.12. The summed E-state index contributed by atoms with van der Waals surface area (Å²) in [4.78, 5) is 0. The van der Waals surface area contributed by atoms with Crippen LogP contribution in [-0.2, 0) is 0 Å². The summed E-state index contributed by atoms with van der Waals surface area (Å²) in [6.45, 7) is 7.52. The second kappa shape index (κ2) is 3.10. The van der Waals surface area contributed by atoms with Gasteiger partial charge in [0.05, 0.1) is 6.10 Å². The number of aliphatic hydroxyl groups excluding tert-OH is 1. The van der Waals surface area contributed by atoms with Gasteiger partial charge >= 0.3 is 0 Å². The number of hydrogen-bond donors (Lipinski definition) is 1. The molecule has 0 aromatic carbocycles. The average molecular weight is 224 g/mol. The third-order valence-electron chi connectivity index (χ3n) is 5.37. The Morgan fingerprint density at radius 1 is 0.933 bits per heavy atom. The first-order valence-corrected chi connectivity index (χ1v) is 10.2. The van der Waals surface area contributed by atoms with Gasteiger partial charge in [-0.1, -0.05) is 19.6 Å². The molecule has 0 spiro atoms. The van der Waals surface area contributed by atoms with E-state index in [4.69, 9.17) is 0 Å². The molecule has 1 nitrogen and oxygen atoms in total. The molecule has 0 saturated heterocycles. The highest BCUT2D eigenvalue weighted by Crippen LogP contribution is 2.61. The summed E-state index contributed by atoms with van der Waals surface area (Å²) in [6, 6.07) is 0. The molecule has 0 aliphatic heterocycles. The Bertz CT molecular complexity index is 270. The fraction of sp³-hybridized carbons (Fsp3) is 1.00. The molecule has 6 atom stereocenters. The molecule has 4 fully saturated rings. The molecule has 4 unspecified atom stereocenters. The largest absolute Gasteiger partial charge is 0.393 e. The molecule has 4 aliphatic rings. The molecule has 0 radical (unpaired) electrons. The van der Waals surface area contributed by atoms with Crippen LogP contribution in [0.1, 0.15) is 25.7 Å². The molecule has 0 aromatic rings. The van der Waals surface area contributed by atoms with Gasteiger partial charge in [0.25, 0.3) is 0 Å². The summed E-state index contributed by atoms with van der Waals surface area (Å²) in [5, 5.41) is 10.4. The van der Waals surface area contributed by atoms with Gasteiger partial charge in [-0.05, 0) is 54.9 Å². The Hall–Kier alpha value is 0.177. The van der Waals surface area contributed by atoms with Crippen LogP contribution in [-0.4, -0.2) is 19.3 Å². The van der Waals surface area contributed by atoms with Crippen molar-refractivity contribution in [1.82, 2.24) is 0 Å². The van der Waals surface area contributed by atoms with Crippen molar-refractivity contribution in [3.8, 4) is 0 Å². The first-order valence-electron chi connectivity index (χ1n) is 6.65. The predicted molar refractivity (Wildman–Crippen MR) is 65.5 cm³/mol. The molecular weight excluding hydrogens is 200 g/mol. The van der Waals surface area contributed by atoms with Crippen molar-refractivity contribution < 1.29 is 5.11 Å². The van der Waals surface area contributed by atoms with Crippen LogP contribution in [0.25, 0.3) is 0 Å². The lowest BCUT2D eigenvalue weighted by molar-refractivity contribution is -0.0930. The summed E-state index contributed by atoms with van der Waals surface area (Å²) in [6.07, 6.45) is 5.60. The van der Waals surface area contributed by atoms with Crippen LogP contribution >= 0.6 is 0 Å². The molecular formula is C13H24OSi. The maximum atomic E-state index is 10.4. The Kier molecular flexibility index (Phi) is 2.14. The minimum absolute atomic E-state index is 0.0644. The van der Waals surface area contributed by atoms with Gasteiger partial charge in [-0.3, -0.25) is 0 Å². The minimum Gasteiger partial charge on any atom is -0.393 e. The summed E-state index contributed by atoms with van der Waals surface area (Å²) in [7, 11) is -1.06. The third kappa shape index (κ3) is 1.44. The van der Waals surface area contributed by atoms with Crippen molar-refractivity contribution >= 4 is 8.07 Å². The summed E-state index contributed by atoms with van der Waals surface area (Å²) >= 11 is 0. The van der Waals surface area contributed by atoms with E-state index < -0.39 is 8.07 Å². The zero-order valence-corrected chi connectivity index (χ0v) is 11.2. The molecule has 4 rings (SSSR count). The van der Waals surface area contributed by atoms with E-state index in [1.165, 1.54) is 25.7 Å². The lowest BCUT2D eigenvalue weighted by Crippen LogP contribution is -2.56. The average Bonchev–Trinajstić information content (AvgIpc) is 2.10. The van der Waals surface area contributed by atoms with E-state index >= 15 is 0 Å². The smallest absolute Gasteiger partial charge is 0.0596 e. The maximum Gasteiger partial charge on any atom is 0.0596 e. The zero-order valence-electron chi connectivity index (χ0n) is 10.2. The molecule has 4 bridgehead atoms. The molecule has 4 saturated carbocycles. The number of rotatable bonds is 1. The lowest BCUT2D eigenvalue weighted by atomic mass is 9.54. The van der Waals surface area contributed by atoms with Crippen molar-refractivity contribution in [2.75, 3.05) is 0 Å². The van der Waals surface area contributed by atoms with Gasteiger partial charge in [-0.15, -0.1) is 0 Å². The zero-order chi connectivity index (χ0) is 10.8. The fourth-order valence-electron chi connectivity index (χ4n) is 5.23. The van der Waals surface area contributed by atoms with E-state index in [-0.39, 0.29) is 6.10 Å². The fourth-order valence-corrected chi connectivity index (χ4v) is 8.53. The van der Waals surface area contributed by atoms with E-state index in [2.05, 4.69) is 19.6 Å². The van der Waals surface area contributed by atoms with Crippen LogP contribution in [0.3, 0.4) is 0 Å². The third-order valence-corrected chi connectivity index (χ3v) is 8.27. The van der Waals surface area contributed by atoms with Crippen molar-refractivity contribution in [3.63, 3.8) is 0 Å². The van der Waals surface area contributed by atoms with Crippen LogP contribution < -0.4 is 0 Å². The quantitative estimate of drug-likeness (QED) is 0.679. The van der Waals surface area contributed by atoms with Gasteiger partial charge in [0.15, 0.2) is 0 Å². The number of aliphatic hydroxyl groups is 1. The summed E-state index contributed by atoms with van der Waals surface area (Å²) < 4.78 is 0. The van der Waals surface area contributed by atoms with Gasteiger partial charge in [-0.2, -0.15) is 0 Å². The molecule has 4 aliphatic carbocycles. The SMILES string of the molecule is C[Si](C)(C)[C@H]1C2CC3CC(C2)[C@H](O)C1C3. The van der Waals surface area contributed by atoms with Gasteiger partial charge < -0.3 is 5.11 Å². The summed E-state index contributed by atoms with van der Waals surface area (Å²) in [5.74, 6) is 3.34. The Morgan fingerprint density at radius 3 is 2.27 bits per heavy atom. The van der Waals surface area contributed by atoms with E-state index in [0.29, 0.717) is 11.8 Å². The first kappa shape index (κ1) is 10.3. The van der Waals surface area contributed by atoms with Crippen molar-refractivity contribution in [2.24, 2.45) is 23.7 Å². The van der Waals surface area contributed by atoms with Crippen LogP contribution in [0.4, 0.5) is 0 Å². The van der Waals surface area contributed by atoms with Crippen molar-refractivity contribution in [2.45, 2.75) is 57.0 Å². The Morgan fingerprint density at radius 2 is 1.60 bits per heavy atom. The normalized spacial score (nSPS) is 53.6. The van der Waals surface area contributed by atoms with Gasteiger partial charge in [-0.25, -0.2) is 0 Å². The van der Waals surface area contributed by atoms with Crippen LogP contribution in [0.15, 0.2) is 0 Å². The molecule has 15 heavy (non-hydrogen) atoms. The summed E-state index contributed by atoms with van der Waals surface area (Å²) in [5.41, 5.74) is 0.917. The van der Waals surface area contributed by atoms with Crippen LogP contribution in [0.5, 0.6) is 0 Å². The second-order valence-corrected chi connectivity index (χ2v) is 12.8. The van der Waals surface area contributed by atoms with E-state index in [1.54, 1.807) is 0 Å². The van der Waals surface area contributed by atoms with E-state index in [0.717, 1.165) is 17.4 Å². The first-order chi connectivity index (χ1) is 6.97. The highest BCUT2D eigenvalue weighted by atomic mass is 28.3. The number of hydrogen-bond acceptors (Lipinski definition) is 1. The van der Waals surface area contributed by atoms with Gasteiger partial charge in [0.1, 0.15) is 0 Å². The molecule has 0 amide bonds. The van der Waals surface area contributed by atoms with E-state index in [9.17, 15) is 5.11 Å². The molecule has 1 N–H and O–H groups in total. The standard InChI is InChI=1S/C13H24OSi/c1-15(2,3)13-10-5-8-4-9(7-10)12(14)11(13)6-8/h8-14H,4-7H2,1-3H3/t8?,9?,10?,11?,12-,13-/m0/s1. The van der Waals surface area contributed by atoms with Crippen LogP contribution in [0.2, 0.25) is 25.2 Å². The Balaban J connectivity index is 1.92. The van der Waals surface area contributed by atoms with Crippen LogP contribution in [0, 0.1) is 23.7 Å². The maximum absolute atomic E-state index is 10.4. The van der Waals surface area contributed by atoms with Crippen molar-refractivity contribution in [1.29, 1.82) is 0 Å². The highest BCUT2D eigenvalue weighted by molar-refractivity contribution is 6.77. The Labute approximate surface area is 94.3 Å². The second-order valence-electron chi connectivity index (χ2n) is 7.38.